The van der Waals surface area contributed by atoms with Crippen molar-refractivity contribution in [1.82, 2.24) is 0 Å². The number of rotatable bonds is 15. The third-order valence-corrected chi connectivity index (χ3v) is 3.65. The van der Waals surface area contributed by atoms with E-state index >= 15 is 0 Å². The van der Waals surface area contributed by atoms with Gasteiger partial charge in [-0.05, 0) is 44.3 Å². The van der Waals surface area contributed by atoms with E-state index in [2.05, 4.69) is 0 Å². The summed E-state index contributed by atoms with van der Waals surface area (Å²) in [6.07, 6.45) is 14.0. The molecule has 0 aliphatic carbocycles. The first-order chi connectivity index (χ1) is 12.0. The Bertz CT molecular complexity index is 510. The molecule has 0 rings (SSSR count). The summed E-state index contributed by atoms with van der Waals surface area (Å²) < 4.78 is 0. The number of hydrogen-bond acceptors (Lipinski definition) is 5. The molecule has 0 aromatic carbocycles. The monoisotopic (exact) mass is 352 g/mol. The molecule has 25 heavy (non-hydrogen) atoms. The maximum absolute atomic E-state index is 11.1. The van der Waals surface area contributed by atoms with Gasteiger partial charge in [0.25, 0.3) is 0 Å². The molecule has 0 aromatic rings. The number of allylic oxidation sites excluding steroid dienone is 5. The Kier molecular flexibility index (Phi) is 13.8. The third-order valence-electron chi connectivity index (χ3n) is 3.65. The van der Waals surface area contributed by atoms with Crippen LogP contribution >= 0.6 is 0 Å². The summed E-state index contributed by atoms with van der Waals surface area (Å²) in [7, 11) is 0. The zero-order valence-electron chi connectivity index (χ0n) is 14.9. The van der Waals surface area contributed by atoms with E-state index in [0.717, 1.165) is 38.4 Å². The number of hydrogen-bond donors (Lipinski definition) is 0. The molecule has 0 radical (unpaired) electrons. The van der Waals surface area contributed by atoms with Crippen LogP contribution < -0.4 is 0 Å². The van der Waals surface area contributed by atoms with Gasteiger partial charge in [0.1, 0.15) is 6.29 Å². The van der Waals surface area contributed by atoms with Crippen LogP contribution in [0.3, 0.4) is 0 Å². The Morgan fingerprint density at radius 3 is 2.16 bits per heavy atom. The molecule has 0 saturated heterocycles. The standard InChI is InChI=1S/C18H28N2O5/c1-2-3-9-12-17(19(22)23)14-15-18(20(24)25)13-10-7-5-4-6-8-11-16-21/h5,7,13-14,16H,2-4,6,8-12,15H2,1H3/b7-5-,17-14+,18-13+. The van der Waals surface area contributed by atoms with Crippen molar-refractivity contribution >= 4 is 6.29 Å². The molecule has 7 nitrogen and oxygen atoms in total. The fourth-order valence-electron chi connectivity index (χ4n) is 2.19. The van der Waals surface area contributed by atoms with Crippen molar-refractivity contribution in [3.05, 3.63) is 55.9 Å². The van der Waals surface area contributed by atoms with Crippen LogP contribution in [0.25, 0.3) is 0 Å². The Balaban J connectivity index is 4.53. The summed E-state index contributed by atoms with van der Waals surface area (Å²) in [4.78, 5) is 31.3. The van der Waals surface area contributed by atoms with E-state index in [4.69, 9.17) is 0 Å². The zero-order chi connectivity index (χ0) is 18.9. The van der Waals surface area contributed by atoms with Gasteiger partial charge in [-0.1, -0.05) is 31.9 Å². The van der Waals surface area contributed by atoms with Gasteiger partial charge in [-0.25, -0.2) is 0 Å². The van der Waals surface area contributed by atoms with Crippen molar-refractivity contribution in [2.24, 2.45) is 0 Å². The quantitative estimate of drug-likeness (QED) is 0.136. The van der Waals surface area contributed by atoms with E-state index < -0.39 is 9.85 Å². The van der Waals surface area contributed by atoms with Crippen molar-refractivity contribution in [1.29, 1.82) is 0 Å². The molecular weight excluding hydrogens is 324 g/mol. The van der Waals surface area contributed by atoms with Crippen LogP contribution in [-0.4, -0.2) is 16.1 Å². The molecule has 0 amide bonds. The molecule has 0 heterocycles. The van der Waals surface area contributed by atoms with Crippen LogP contribution in [0, 0.1) is 20.2 Å². The van der Waals surface area contributed by atoms with Crippen molar-refractivity contribution in [2.75, 3.05) is 0 Å². The van der Waals surface area contributed by atoms with Gasteiger partial charge < -0.3 is 4.79 Å². The largest absolute Gasteiger partial charge is 0.303 e. The maximum atomic E-state index is 11.1. The molecule has 0 N–H and O–H groups in total. The zero-order valence-corrected chi connectivity index (χ0v) is 14.9. The first kappa shape index (κ1) is 22.7. The van der Waals surface area contributed by atoms with Gasteiger partial charge in [0.15, 0.2) is 0 Å². The summed E-state index contributed by atoms with van der Waals surface area (Å²) in [6.45, 7) is 2.01. The van der Waals surface area contributed by atoms with Gasteiger partial charge in [0.2, 0.25) is 11.4 Å². The van der Waals surface area contributed by atoms with Gasteiger partial charge in [-0.3, -0.25) is 20.2 Å². The van der Waals surface area contributed by atoms with E-state index in [1.54, 1.807) is 0 Å². The van der Waals surface area contributed by atoms with Crippen molar-refractivity contribution in [2.45, 2.75) is 71.1 Å². The topological polar surface area (TPSA) is 103 Å². The van der Waals surface area contributed by atoms with Crippen LogP contribution in [0.1, 0.15) is 71.1 Å². The number of nitrogens with zero attached hydrogens (tertiary/aromatic N) is 2. The highest BCUT2D eigenvalue weighted by atomic mass is 16.6. The number of carbonyl (C=O) groups is 1. The molecular formula is C18H28N2O5. The normalized spacial score (nSPS) is 12.5. The average Bonchev–Trinajstić information content (AvgIpc) is 2.57. The molecule has 0 spiro atoms. The average molecular weight is 352 g/mol. The van der Waals surface area contributed by atoms with Crippen LogP contribution in [-0.2, 0) is 4.79 Å². The Labute approximate surface area is 148 Å². The second-order valence-electron chi connectivity index (χ2n) is 5.72. The fourth-order valence-corrected chi connectivity index (χ4v) is 2.19. The lowest BCUT2D eigenvalue weighted by Gasteiger charge is -1.99. The molecule has 7 heteroatoms. The Morgan fingerprint density at radius 2 is 1.56 bits per heavy atom. The maximum Gasteiger partial charge on any atom is 0.246 e. The first-order valence-electron chi connectivity index (χ1n) is 8.78. The van der Waals surface area contributed by atoms with Crippen LogP contribution in [0.5, 0.6) is 0 Å². The van der Waals surface area contributed by atoms with Crippen LogP contribution in [0.15, 0.2) is 35.7 Å². The first-order valence-corrected chi connectivity index (χ1v) is 8.78. The van der Waals surface area contributed by atoms with E-state index in [1.165, 1.54) is 12.2 Å². The van der Waals surface area contributed by atoms with Gasteiger partial charge in [-0.2, -0.15) is 0 Å². The van der Waals surface area contributed by atoms with Gasteiger partial charge in [-0.15, -0.1) is 0 Å². The van der Waals surface area contributed by atoms with E-state index in [1.807, 2.05) is 19.1 Å². The van der Waals surface area contributed by atoms with Crippen molar-refractivity contribution < 1.29 is 14.6 Å². The smallest absolute Gasteiger partial charge is 0.246 e. The number of aldehydes is 1. The summed E-state index contributed by atoms with van der Waals surface area (Å²) in [5, 5.41) is 22.1. The lowest BCUT2D eigenvalue weighted by molar-refractivity contribution is -0.432. The molecule has 0 aliphatic rings. The number of nitro groups is 2. The summed E-state index contributed by atoms with van der Waals surface area (Å²) in [6, 6.07) is 0. The second kappa shape index (κ2) is 15.2. The summed E-state index contributed by atoms with van der Waals surface area (Å²) in [5.41, 5.74) is 0.0207. The van der Waals surface area contributed by atoms with Crippen LogP contribution in [0.2, 0.25) is 0 Å². The van der Waals surface area contributed by atoms with E-state index in [-0.39, 0.29) is 17.8 Å². The third kappa shape index (κ3) is 12.7. The minimum atomic E-state index is -0.488. The SMILES string of the molecule is CCCCC/C(=C\C/C(=C\C/C=C\CCCCC=O)[N+](=O)[O-])[N+](=O)[O-]. The highest BCUT2D eigenvalue weighted by Gasteiger charge is 2.14. The summed E-state index contributed by atoms with van der Waals surface area (Å²) >= 11 is 0. The van der Waals surface area contributed by atoms with Gasteiger partial charge in [0, 0.05) is 12.8 Å². The lowest BCUT2D eigenvalue weighted by Crippen LogP contribution is -2.02. The predicted octanol–water partition coefficient (Wildman–Crippen LogP) is 4.98. The molecule has 140 valence electrons. The minimum Gasteiger partial charge on any atom is -0.303 e. The van der Waals surface area contributed by atoms with E-state index in [9.17, 15) is 25.0 Å². The Morgan fingerprint density at radius 1 is 0.880 bits per heavy atom. The second-order valence-corrected chi connectivity index (χ2v) is 5.72. The summed E-state index contributed by atoms with van der Waals surface area (Å²) in [5.74, 6) is 0. The van der Waals surface area contributed by atoms with Crippen LogP contribution in [0.4, 0.5) is 0 Å². The fraction of sp³-hybridized carbons (Fsp3) is 0.611. The molecule has 0 aliphatic heterocycles. The van der Waals surface area contributed by atoms with Crippen molar-refractivity contribution in [3.63, 3.8) is 0 Å². The Hall–Kier alpha value is -2.31. The molecule has 0 aromatic heterocycles. The molecule has 0 fully saturated rings. The predicted molar refractivity (Wildman–Crippen MR) is 97.2 cm³/mol. The lowest BCUT2D eigenvalue weighted by atomic mass is 10.1. The molecule has 0 unspecified atom stereocenters. The van der Waals surface area contributed by atoms with Gasteiger partial charge >= 0.3 is 0 Å². The minimum absolute atomic E-state index is 0.0274. The molecule has 0 atom stereocenters. The number of unbranched alkanes of at least 4 members (excludes halogenated alkanes) is 5. The van der Waals surface area contributed by atoms with Crippen molar-refractivity contribution in [3.8, 4) is 0 Å². The molecule has 0 saturated carbocycles. The number of carbonyl (C=O) groups excluding carboxylic acids is 1. The molecule has 0 bridgehead atoms. The van der Waals surface area contributed by atoms with E-state index in [0.29, 0.717) is 25.7 Å². The van der Waals surface area contributed by atoms with Gasteiger partial charge in [0.05, 0.1) is 16.3 Å². The highest BCUT2D eigenvalue weighted by molar-refractivity contribution is 5.48. The highest BCUT2D eigenvalue weighted by Crippen LogP contribution is 2.14.